The van der Waals surface area contributed by atoms with E-state index in [0.717, 1.165) is 12.8 Å². The third-order valence-electron chi connectivity index (χ3n) is 2.68. The lowest BCUT2D eigenvalue weighted by Gasteiger charge is -2.28. The number of nitriles is 1. The topological polar surface area (TPSA) is 89.8 Å². The molecule has 0 spiro atoms. The van der Waals surface area contributed by atoms with Gasteiger partial charge < -0.3 is 0 Å². The van der Waals surface area contributed by atoms with Crippen LogP contribution in [0, 0.1) is 17.2 Å². The number of nitrogens with one attached hydrogen (secondary N) is 1. The summed E-state index contributed by atoms with van der Waals surface area (Å²) in [4.78, 5) is 0.158. The molecule has 1 saturated heterocycles. The SMILES string of the molecule is N#CC1CCCN(S(=O)(=O)c2cn[nH]c2)C1. The van der Waals surface area contributed by atoms with Gasteiger partial charge >= 0.3 is 0 Å². The van der Waals surface area contributed by atoms with Crippen LogP contribution in [-0.2, 0) is 10.0 Å². The molecular formula is C9H12N4O2S. The Morgan fingerprint density at radius 1 is 1.62 bits per heavy atom. The van der Waals surface area contributed by atoms with Crippen LogP contribution in [-0.4, -0.2) is 36.0 Å². The number of rotatable bonds is 2. The van der Waals surface area contributed by atoms with Gasteiger partial charge in [-0.3, -0.25) is 5.10 Å². The van der Waals surface area contributed by atoms with Gasteiger partial charge in [-0.15, -0.1) is 0 Å². The number of aromatic amines is 1. The molecule has 1 aromatic rings. The highest BCUT2D eigenvalue weighted by Gasteiger charge is 2.30. The molecule has 0 aromatic carbocycles. The molecule has 1 fully saturated rings. The predicted molar refractivity (Wildman–Crippen MR) is 55.7 cm³/mol. The summed E-state index contributed by atoms with van der Waals surface area (Å²) in [5.74, 6) is -0.199. The molecule has 0 aliphatic carbocycles. The van der Waals surface area contributed by atoms with Gasteiger partial charge in [0.1, 0.15) is 4.90 Å². The van der Waals surface area contributed by atoms with E-state index in [9.17, 15) is 8.42 Å². The molecule has 7 heteroatoms. The summed E-state index contributed by atoms with van der Waals surface area (Å²) in [5.41, 5.74) is 0. The van der Waals surface area contributed by atoms with Crippen LogP contribution in [0.2, 0.25) is 0 Å². The molecule has 16 heavy (non-hydrogen) atoms. The molecule has 0 saturated carbocycles. The number of H-pyrrole nitrogens is 1. The van der Waals surface area contributed by atoms with Gasteiger partial charge in [-0.05, 0) is 12.8 Å². The first kappa shape index (κ1) is 11.1. The summed E-state index contributed by atoms with van der Waals surface area (Å²) < 4.78 is 25.5. The average Bonchev–Trinajstić information content (AvgIpc) is 2.83. The van der Waals surface area contributed by atoms with Crippen molar-refractivity contribution in [1.29, 1.82) is 5.26 Å². The van der Waals surface area contributed by atoms with Crippen molar-refractivity contribution < 1.29 is 8.42 Å². The highest BCUT2D eigenvalue weighted by molar-refractivity contribution is 7.89. The fourth-order valence-electron chi connectivity index (χ4n) is 1.80. The first-order valence-corrected chi connectivity index (χ1v) is 6.47. The number of hydrogen-bond donors (Lipinski definition) is 1. The van der Waals surface area contributed by atoms with Gasteiger partial charge in [-0.1, -0.05) is 0 Å². The summed E-state index contributed by atoms with van der Waals surface area (Å²) in [6, 6.07) is 2.12. The van der Waals surface area contributed by atoms with E-state index in [1.54, 1.807) is 0 Å². The quantitative estimate of drug-likeness (QED) is 0.806. The third kappa shape index (κ3) is 1.94. The molecule has 1 aromatic heterocycles. The normalized spacial score (nSPS) is 22.8. The fourth-order valence-corrected chi connectivity index (χ4v) is 3.23. The molecule has 1 N–H and O–H groups in total. The number of nitrogens with zero attached hydrogens (tertiary/aromatic N) is 3. The monoisotopic (exact) mass is 240 g/mol. The van der Waals surface area contributed by atoms with E-state index >= 15 is 0 Å². The Kier molecular flexibility index (Phi) is 2.94. The second-order valence-corrected chi connectivity index (χ2v) is 5.70. The molecule has 1 aliphatic rings. The lowest BCUT2D eigenvalue weighted by atomic mass is 10.0. The molecule has 2 heterocycles. The summed E-state index contributed by atoms with van der Waals surface area (Å²) in [5, 5.41) is 14.9. The highest BCUT2D eigenvalue weighted by atomic mass is 32.2. The lowest BCUT2D eigenvalue weighted by Crippen LogP contribution is -2.39. The van der Waals surface area contributed by atoms with Crippen molar-refractivity contribution in [2.24, 2.45) is 5.92 Å². The molecule has 1 atom stereocenters. The maximum absolute atomic E-state index is 12.1. The van der Waals surface area contributed by atoms with E-state index in [4.69, 9.17) is 5.26 Å². The Labute approximate surface area is 93.9 Å². The maximum atomic E-state index is 12.1. The van der Waals surface area contributed by atoms with Gasteiger partial charge in [0, 0.05) is 19.3 Å². The maximum Gasteiger partial charge on any atom is 0.246 e. The number of sulfonamides is 1. The Hall–Kier alpha value is -1.39. The van der Waals surface area contributed by atoms with Crippen LogP contribution < -0.4 is 0 Å². The first-order valence-electron chi connectivity index (χ1n) is 5.03. The van der Waals surface area contributed by atoms with E-state index in [0.29, 0.717) is 6.54 Å². The highest BCUT2D eigenvalue weighted by Crippen LogP contribution is 2.22. The molecule has 0 amide bonds. The molecule has 1 unspecified atom stereocenters. The van der Waals surface area contributed by atoms with Crippen LogP contribution in [0.25, 0.3) is 0 Å². The number of aromatic nitrogens is 2. The Balaban J connectivity index is 2.22. The Bertz CT molecular complexity index is 488. The van der Waals surface area contributed by atoms with Crippen LogP contribution in [0.3, 0.4) is 0 Å². The second-order valence-electron chi connectivity index (χ2n) is 3.77. The van der Waals surface area contributed by atoms with Crippen molar-refractivity contribution in [3.8, 4) is 6.07 Å². The van der Waals surface area contributed by atoms with E-state index in [1.165, 1.54) is 16.7 Å². The van der Waals surface area contributed by atoms with Gasteiger partial charge in [0.2, 0.25) is 10.0 Å². The smallest absolute Gasteiger partial charge is 0.246 e. The largest absolute Gasteiger partial charge is 0.284 e. The van der Waals surface area contributed by atoms with Gasteiger partial charge in [-0.2, -0.15) is 14.7 Å². The number of hydrogen-bond acceptors (Lipinski definition) is 4. The summed E-state index contributed by atoms with van der Waals surface area (Å²) in [7, 11) is -3.47. The van der Waals surface area contributed by atoms with Crippen molar-refractivity contribution in [2.75, 3.05) is 13.1 Å². The minimum absolute atomic E-state index is 0.158. The first-order chi connectivity index (χ1) is 7.64. The van der Waals surface area contributed by atoms with E-state index < -0.39 is 10.0 Å². The molecule has 0 bridgehead atoms. The predicted octanol–water partition coefficient (Wildman–Crippen LogP) is 0.334. The summed E-state index contributed by atoms with van der Waals surface area (Å²) in [6.07, 6.45) is 4.14. The van der Waals surface area contributed by atoms with Crippen molar-refractivity contribution in [1.82, 2.24) is 14.5 Å². The summed E-state index contributed by atoms with van der Waals surface area (Å²) >= 11 is 0. The third-order valence-corrected chi connectivity index (χ3v) is 4.51. The van der Waals surface area contributed by atoms with E-state index in [-0.39, 0.29) is 17.4 Å². The molecule has 0 radical (unpaired) electrons. The minimum atomic E-state index is -3.47. The van der Waals surface area contributed by atoms with Crippen LogP contribution in [0.15, 0.2) is 17.3 Å². The van der Waals surface area contributed by atoms with Gasteiger partial charge in [0.25, 0.3) is 0 Å². The minimum Gasteiger partial charge on any atom is -0.284 e. The zero-order valence-corrected chi connectivity index (χ0v) is 9.44. The van der Waals surface area contributed by atoms with Crippen LogP contribution in [0.1, 0.15) is 12.8 Å². The second kappa shape index (κ2) is 4.23. The van der Waals surface area contributed by atoms with Crippen LogP contribution in [0.4, 0.5) is 0 Å². The Morgan fingerprint density at radius 3 is 3.06 bits per heavy atom. The van der Waals surface area contributed by atoms with Crippen LogP contribution in [0.5, 0.6) is 0 Å². The van der Waals surface area contributed by atoms with Gasteiger partial charge in [-0.25, -0.2) is 8.42 Å². The fraction of sp³-hybridized carbons (Fsp3) is 0.556. The average molecular weight is 240 g/mol. The van der Waals surface area contributed by atoms with Crippen molar-refractivity contribution >= 4 is 10.0 Å². The molecule has 2 rings (SSSR count). The van der Waals surface area contributed by atoms with E-state index in [1.807, 2.05) is 0 Å². The molecule has 1 aliphatic heterocycles. The standard InChI is InChI=1S/C9H12N4O2S/c10-4-8-2-1-3-13(7-8)16(14,15)9-5-11-12-6-9/h5-6,8H,1-3,7H2,(H,11,12). The van der Waals surface area contributed by atoms with Crippen molar-refractivity contribution in [3.05, 3.63) is 12.4 Å². The lowest BCUT2D eigenvalue weighted by molar-refractivity contribution is 0.305. The van der Waals surface area contributed by atoms with Gasteiger partial charge in [0.15, 0.2) is 0 Å². The van der Waals surface area contributed by atoms with Crippen LogP contribution >= 0.6 is 0 Å². The zero-order chi connectivity index (χ0) is 11.6. The summed E-state index contributed by atoms with van der Waals surface area (Å²) in [6.45, 7) is 0.760. The van der Waals surface area contributed by atoms with E-state index in [2.05, 4.69) is 16.3 Å². The molecule has 6 nitrogen and oxygen atoms in total. The number of piperidine rings is 1. The van der Waals surface area contributed by atoms with Crippen molar-refractivity contribution in [2.45, 2.75) is 17.7 Å². The van der Waals surface area contributed by atoms with Crippen molar-refractivity contribution in [3.63, 3.8) is 0 Å². The molecule has 86 valence electrons. The Morgan fingerprint density at radius 2 is 2.44 bits per heavy atom. The van der Waals surface area contributed by atoms with Gasteiger partial charge in [0.05, 0.1) is 18.2 Å². The zero-order valence-electron chi connectivity index (χ0n) is 8.63. The molecular weight excluding hydrogens is 228 g/mol.